The molecule has 0 unspecified atom stereocenters. The summed E-state index contributed by atoms with van der Waals surface area (Å²) in [6.45, 7) is 9.06. The zero-order chi connectivity index (χ0) is 36.3. The van der Waals surface area contributed by atoms with Gasteiger partial charge in [0, 0.05) is 108 Å². The average molecular weight is 652 g/mol. The molecule has 2 amide bonds. The Balaban J connectivity index is 0.000000229. The quantitative estimate of drug-likeness (QED) is 0.280. The molecule has 5 rings (SSSR count). The Bertz CT molecular complexity index is 1560. The molecule has 3 heterocycles. The van der Waals surface area contributed by atoms with Crippen molar-refractivity contribution in [1.82, 2.24) is 9.97 Å². The van der Waals surface area contributed by atoms with Crippen LogP contribution in [0.2, 0.25) is 0 Å². The lowest BCUT2D eigenvalue weighted by Gasteiger charge is -2.25. The van der Waals surface area contributed by atoms with Crippen LogP contribution < -0.4 is 20.0 Å². The first-order valence-corrected chi connectivity index (χ1v) is 16.0. The Hall–Kier alpha value is -4.09. The number of aromatic amines is 1. The minimum Gasteiger partial charge on any atom is -0.456 e. The van der Waals surface area contributed by atoms with Crippen LogP contribution in [0.4, 0.5) is 27.5 Å². The second kappa shape index (κ2) is 18.1. The fraction of sp³-hybridized carbons (Fsp3) is 0.419. The molecular formula is C31H40B7N6O5. The molecule has 0 saturated carbocycles. The van der Waals surface area contributed by atoms with E-state index in [1.165, 1.54) is 30.0 Å². The molecule has 0 fully saturated rings. The van der Waals surface area contributed by atoms with Gasteiger partial charge in [-0.25, -0.2) is 9.78 Å². The molecule has 0 bridgehead atoms. The molecule has 3 aromatic rings. The van der Waals surface area contributed by atoms with Crippen LogP contribution in [0.25, 0.3) is 0 Å². The highest BCUT2D eigenvalue weighted by Gasteiger charge is 2.29. The first-order chi connectivity index (χ1) is 23.1. The number of carbonyl (C=O) groups excluding carboxylic acids is 3. The molecule has 0 spiro atoms. The van der Waals surface area contributed by atoms with Gasteiger partial charge in [-0.15, -0.1) is 0 Å². The lowest BCUT2D eigenvalue weighted by atomic mass is 8.76. The van der Waals surface area contributed by atoms with Crippen molar-refractivity contribution in [3.8, 4) is 0 Å². The van der Waals surface area contributed by atoms with Crippen LogP contribution in [-0.2, 0) is 38.4 Å². The minimum absolute atomic E-state index is 0.249. The van der Waals surface area contributed by atoms with Gasteiger partial charge >= 0.3 is 12.1 Å². The third-order valence-corrected chi connectivity index (χ3v) is 7.69. The number of fused-ring (bicyclic) bond motifs is 2. The van der Waals surface area contributed by atoms with Crippen molar-refractivity contribution < 1.29 is 23.9 Å². The zero-order valence-corrected chi connectivity index (χ0v) is 29.2. The van der Waals surface area contributed by atoms with E-state index < -0.39 is 18.0 Å². The molecule has 9 radical (unpaired) electrons. The van der Waals surface area contributed by atoms with Crippen LogP contribution in [0.3, 0.4) is 0 Å². The molecule has 18 heteroatoms. The summed E-state index contributed by atoms with van der Waals surface area (Å²) in [4.78, 5) is 47.7. The van der Waals surface area contributed by atoms with E-state index in [0.717, 1.165) is 54.4 Å². The van der Waals surface area contributed by atoms with Crippen LogP contribution in [0, 0.1) is 0 Å². The monoisotopic (exact) mass is 653 g/mol. The van der Waals surface area contributed by atoms with E-state index in [4.69, 9.17) is 40.4 Å². The lowest BCUT2D eigenvalue weighted by Crippen LogP contribution is -2.43. The third kappa shape index (κ3) is 11.8. The fourth-order valence-electron chi connectivity index (χ4n) is 4.96. The van der Waals surface area contributed by atoms with E-state index in [1.54, 1.807) is 18.3 Å². The second-order valence-electron chi connectivity index (χ2n) is 12.6. The van der Waals surface area contributed by atoms with Crippen molar-refractivity contribution in [2.45, 2.75) is 52.7 Å². The van der Waals surface area contributed by atoms with Gasteiger partial charge in [-0.3, -0.25) is 14.5 Å². The number of nitrogens with zero attached hydrogens (tertiary/aromatic N) is 4. The number of carbonyl (C=O) groups is 3. The zero-order valence-electron chi connectivity index (χ0n) is 29.2. The van der Waals surface area contributed by atoms with E-state index in [9.17, 15) is 14.4 Å². The molecule has 49 heavy (non-hydrogen) atoms. The van der Waals surface area contributed by atoms with Gasteiger partial charge in [0.1, 0.15) is 5.60 Å². The minimum atomic E-state index is -0.537. The number of likely N-dealkylation sites (N-methyl/N-ethyl adjacent to an activating group) is 1. The topological polar surface area (TPSA) is 120 Å². The summed E-state index contributed by atoms with van der Waals surface area (Å²) < 4.78 is 10.2. The van der Waals surface area contributed by atoms with Gasteiger partial charge in [-0.05, 0) is 69.0 Å². The Morgan fingerprint density at radius 1 is 1.06 bits per heavy atom. The summed E-state index contributed by atoms with van der Waals surface area (Å²) in [6.07, 6.45) is 4.16. The van der Waals surface area contributed by atoms with E-state index >= 15 is 0 Å². The molecule has 2 aliphatic rings. The molecule has 11 nitrogen and oxygen atoms in total. The number of hydrogen-bond donors (Lipinski definition) is 2. The van der Waals surface area contributed by atoms with E-state index in [0.29, 0.717) is 6.54 Å². The SMILES string of the molecule is CC(=O)OCC(=O)N(C)c1ccc2c(c1)N(Cc1cnc[nH]1)CC2.CNc1ccc2c(c1)N(C(=O)OC(C)(C)C)CC2.[B][B]B([B])B([B])[B]. The molecule has 1 aromatic heterocycles. The van der Waals surface area contributed by atoms with Gasteiger partial charge in [0.2, 0.25) is 0 Å². The maximum Gasteiger partial charge on any atom is 0.414 e. The predicted molar refractivity (Wildman–Crippen MR) is 203 cm³/mol. The standard InChI is InChI=1S/C17H20N4O3.C14H20N2O2.B7/c1-12(22)24-10-17(23)20(2)15-4-3-13-5-6-21(16(13)7-15)9-14-8-18-11-19-14;1-14(2,3)18-13(17)16-8-7-10-5-6-11(15-4)9-12(10)16;1-5-7(4)6(2)3/h3-4,7-8,11H,5-6,9-10H2,1-2H3,(H,18,19);5-6,9,15H,7-8H2,1-4H3;. The summed E-state index contributed by atoms with van der Waals surface area (Å²) in [5.41, 5.74) is 6.91. The Labute approximate surface area is 296 Å². The lowest BCUT2D eigenvalue weighted by molar-refractivity contribution is -0.145. The first kappa shape index (κ1) is 39.4. The van der Waals surface area contributed by atoms with Crippen LogP contribution in [0.15, 0.2) is 48.9 Å². The predicted octanol–water partition coefficient (Wildman–Crippen LogP) is 1.86. The summed E-state index contributed by atoms with van der Waals surface area (Å²) in [6, 6.07) is 12.1. The van der Waals surface area contributed by atoms with Gasteiger partial charge in [-0.1, -0.05) is 12.1 Å². The maximum absolute atomic E-state index is 12.1. The molecule has 0 atom stereocenters. The van der Waals surface area contributed by atoms with Crippen molar-refractivity contribution in [1.29, 1.82) is 0 Å². The van der Waals surface area contributed by atoms with Gasteiger partial charge in [0.15, 0.2) is 6.61 Å². The Morgan fingerprint density at radius 3 is 2.31 bits per heavy atom. The number of nitrogens with one attached hydrogen (secondary N) is 2. The highest BCUT2D eigenvalue weighted by molar-refractivity contribution is 7.81. The summed E-state index contributed by atoms with van der Waals surface area (Å²) in [7, 11) is 25.1. The van der Waals surface area contributed by atoms with Gasteiger partial charge < -0.3 is 29.6 Å². The highest BCUT2D eigenvalue weighted by Crippen LogP contribution is 2.33. The van der Waals surface area contributed by atoms with Crippen molar-refractivity contribution >= 4 is 91.5 Å². The van der Waals surface area contributed by atoms with Gasteiger partial charge in [0.25, 0.3) is 5.91 Å². The van der Waals surface area contributed by atoms with E-state index in [2.05, 4.69) is 26.3 Å². The number of H-pyrrole nitrogens is 1. The summed E-state index contributed by atoms with van der Waals surface area (Å²) >= 11 is 0. The average Bonchev–Trinajstić information content (AvgIpc) is 3.83. The second-order valence-corrected chi connectivity index (χ2v) is 12.6. The van der Waals surface area contributed by atoms with Gasteiger partial charge in [0.05, 0.1) is 24.3 Å². The number of ether oxygens (including phenoxy) is 2. The van der Waals surface area contributed by atoms with Crippen LogP contribution in [0.1, 0.15) is 44.5 Å². The number of amides is 2. The normalized spacial score (nSPS) is 12.6. The number of aromatic nitrogens is 2. The van der Waals surface area contributed by atoms with Gasteiger partial charge in [-0.2, -0.15) is 0 Å². The number of anilines is 4. The molecule has 0 aliphatic carbocycles. The maximum atomic E-state index is 12.1. The van der Waals surface area contributed by atoms with Crippen LogP contribution >= 0.6 is 0 Å². The van der Waals surface area contributed by atoms with Crippen LogP contribution in [0.5, 0.6) is 0 Å². The van der Waals surface area contributed by atoms with Crippen molar-refractivity contribution in [2.75, 3.05) is 53.8 Å². The molecule has 245 valence electrons. The number of benzene rings is 2. The van der Waals surface area contributed by atoms with Crippen LogP contribution in [-0.4, -0.2) is 118 Å². The fourth-order valence-corrected chi connectivity index (χ4v) is 4.96. The number of esters is 1. The Kier molecular flexibility index (Phi) is 14.5. The van der Waals surface area contributed by atoms with Crippen molar-refractivity contribution in [2.24, 2.45) is 0 Å². The van der Waals surface area contributed by atoms with E-state index in [1.807, 2.05) is 64.3 Å². The largest absolute Gasteiger partial charge is 0.456 e. The number of rotatable bonds is 8. The molecule has 0 saturated heterocycles. The summed E-state index contributed by atoms with van der Waals surface area (Å²) in [5, 5.41) is 3.09. The highest BCUT2D eigenvalue weighted by atomic mass is 16.6. The molecule has 2 N–H and O–H groups in total. The summed E-state index contributed by atoms with van der Waals surface area (Å²) in [5.74, 6) is -0.722. The molecule has 2 aromatic carbocycles. The number of hydrogen-bond acceptors (Lipinski definition) is 8. The molecule has 2 aliphatic heterocycles. The third-order valence-electron chi connectivity index (χ3n) is 7.69. The first-order valence-electron chi connectivity index (χ1n) is 16.0. The smallest absolute Gasteiger partial charge is 0.414 e. The molecular weight excluding hydrogens is 612 g/mol. The van der Waals surface area contributed by atoms with Crippen molar-refractivity contribution in [3.63, 3.8) is 0 Å². The van der Waals surface area contributed by atoms with Crippen molar-refractivity contribution in [3.05, 3.63) is 65.7 Å². The van der Waals surface area contributed by atoms with E-state index in [-0.39, 0.29) is 25.0 Å². The number of imidazole rings is 1. The Morgan fingerprint density at radius 2 is 1.73 bits per heavy atom.